The predicted molar refractivity (Wildman–Crippen MR) is 109 cm³/mol. The number of hydrogen-bond acceptors (Lipinski definition) is 5. The van der Waals surface area contributed by atoms with Crippen LogP contribution in [0.25, 0.3) is 22.7 Å². The van der Waals surface area contributed by atoms with Crippen molar-refractivity contribution < 1.29 is 4.42 Å². The fourth-order valence-corrected chi connectivity index (χ4v) is 4.29. The Kier molecular flexibility index (Phi) is 4.99. The number of aromatic nitrogens is 2. The number of piperidine rings is 1. The van der Waals surface area contributed by atoms with E-state index in [1.54, 1.807) is 0 Å². The minimum absolute atomic E-state index is 0.231. The van der Waals surface area contributed by atoms with Crippen molar-refractivity contribution in [1.82, 2.24) is 25.7 Å². The van der Waals surface area contributed by atoms with Gasteiger partial charge in [-0.25, -0.2) is 10.4 Å². The van der Waals surface area contributed by atoms with Crippen LogP contribution in [-0.4, -0.2) is 29.2 Å². The number of nitrogens with zero attached hydrogens (tertiary/aromatic N) is 2. The molecule has 5 rings (SSSR count). The minimum Gasteiger partial charge on any atom is -0.458 e. The standard InChI is InChI=1S/C22H27N5O/c1-2-4-17(5-3-1)21-22(20-7-6-19(28-20)18-10-13-25-26-18)27(15-24-21)14-16-8-11-23-12-9-16/h1-7,15-16,18,23,25-26H,8-14H2. The molecule has 1 aromatic carbocycles. The van der Waals surface area contributed by atoms with Crippen LogP contribution >= 0.6 is 0 Å². The molecule has 146 valence electrons. The van der Waals surface area contributed by atoms with Gasteiger partial charge in [0.2, 0.25) is 0 Å². The van der Waals surface area contributed by atoms with Crippen LogP contribution in [0.4, 0.5) is 0 Å². The third kappa shape index (κ3) is 3.51. The Morgan fingerprint density at radius 3 is 2.64 bits per heavy atom. The second-order valence-electron chi connectivity index (χ2n) is 7.77. The zero-order valence-electron chi connectivity index (χ0n) is 16.0. The summed E-state index contributed by atoms with van der Waals surface area (Å²) < 4.78 is 8.62. The lowest BCUT2D eigenvalue weighted by molar-refractivity contribution is 0.333. The van der Waals surface area contributed by atoms with E-state index in [0.29, 0.717) is 5.92 Å². The van der Waals surface area contributed by atoms with Crippen molar-refractivity contribution in [3.63, 3.8) is 0 Å². The van der Waals surface area contributed by atoms with Crippen LogP contribution in [0.2, 0.25) is 0 Å². The Labute approximate surface area is 165 Å². The molecule has 0 bridgehead atoms. The van der Waals surface area contributed by atoms with Crippen molar-refractivity contribution >= 4 is 0 Å². The van der Waals surface area contributed by atoms with Crippen molar-refractivity contribution in [3.8, 4) is 22.7 Å². The molecule has 0 radical (unpaired) electrons. The van der Waals surface area contributed by atoms with Gasteiger partial charge in [0.15, 0.2) is 5.76 Å². The van der Waals surface area contributed by atoms with Gasteiger partial charge in [0, 0.05) is 18.7 Å². The van der Waals surface area contributed by atoms with Crippen LogP contribution in [0.5, 0.6) is 0 Å². The number of imidazole rings is 1. The molecule has 0 spiro atoms. The molecule has 2 aromatic heterocycles. The summed E-state index contributed by atoms with van der Waals surface area (Å²) in [4.78, 5) is 4.79. The molecule has 6 heteroatoms. The van der Waals surface area contributed by atoms with Gasteiger partial charge in [-0.15, -0.1) is 0 Å². The van der Waals surface area contributed by atoms with Gasteiger partial charge in [-0.05, 0) is 50.4 Å². The van der Waals surface area contributed by atoms with E-state index in [0.717, 1.165) is 61.1 Å². The van der Waals surface area contributed by atoms with Crippen LogP contribution in [0.3, 0.4) is 0 Å². The number of rotatable bonds is 5. The first-order chi connectivity index (χ1) is 13.9. The summed E-state index contributed by atoms with van der Waals surface area (Å²) in [6.07, 6.45) is 5.43. The molecule has 1 atom stereocenters. The van der Waals surface area contributed by atoms with Gasteiger partial charge >= 0.3 is 0 Å². The SMILES string of the molecule is c1ccc(-c2ncn(CC3CCNCC3)c2-c2ccc(C3CCNN3)o2)cc1. The van der Waals surface area contributed by atoms with Gasteiger partial charge in [0.05, 0.1) is 18.1 Å². The van der Waals surface area contributed by atoms with E-state index in [1.807, 2.05) is 12.4 Å². The Balaban J connectivity index is 1.52. The smallest absolute Gasteiger partial charge is 0.153 e. The molecule has 2 saturated heterocycles. The minimum atomic E-state index is 0.231. The summed E-state index contributed by atoms with van der Waals surface area (Å²) in [6, 6.07) is 14.8. The number of hydrogen-bond donors (Lipinski definition) is 3. The van der Waals surface area contributed by atoms with Crippen molar-refractivity contribution in [2.75, 3.05) is 19.6 Å². The predicted octanol–water partition coefficient (Wildman–Crippen LogP) is 3.35. The summed E-state index contributed by atoms with van der Waals surface area (Å²) in [6.45, 7) is 4.15. The third-order valence-electron chi connectivity index (χ3n) is 5.84. The molecule has 2 aliphatic rings. The highest BCUT2D eigenvalue weighted by Gasteiger charge is 2.24. The molecular weight excluding hydrogens is 350 g/mol. The van der Waals surface area contributed by atoms with Crippen molar-refractivity contribution in [3.05, 3.63) is 54.6 Å². The molecule has 3 N–H and O–H groups in total. The van der Waals surface area contributed by atoms with Crippen molar-refractivity contribution in [1.29, 1.82) is 0 Å². The molecule has 2 aliphatic heterocycles. The highest BCUT2D eigenvalue weighted by molar-refractivity contribution is 5.76. The average molecular weight is 377 g/mol. The molecular formula is C22H27N5O. The number of hydrazine groups is 1. The fourth-order valence-electron chi connectivity index (χ4n) is 4.29. The maximum Gasteiger partial charge on any atom is 0.153 e. The molecule has 4 heterocycles. The lowest BCUT2D eigenvalue weighted by atomic mass is 9.98. The zero-order valence-corrected chi connectivity index (χ0v) is 16.0. The number of furan rings is 1. The van der Waals surface area contributed by atoms with Crippen molar-refractivity contribution in [2.45, 2.75) is 31.8 Å². The average Bonchev–Trinajstić information content (AvgIpc) is 3.49. The first kappa shape index (κ1) is 17.7. The monoisotopic (exact) mass is 377 g/mol. The Hall–Kier alpha value is -2.41. The summed E-state index contributed by atoms with van der Waals surface area (Å²) in [5.74, 6) is 2.55. The quantitative estimate of drug-likeness (QED) is 0.636. The summed E-state index contributed by atoms with van der Waals surface area (Å²) in [7, 11) is 0. The molecule has 1 unspecified atom stereocenters. The van der Waals surface area contributed by atoms with Gasteiger partial charge in [-0.3, -0.25) is 5.43 Å². The lowest BCUT2D eigenvalue weighted by Gasteiger charge is -2.23. The number of benzene rings is 1. The topological polar surface area (TPSA) is 67.1 Å². The maximum absolute atomic E-state index is 6.33. The van der Waals surface area contributed by atoms with Crippen LogP contribution < -0.4 is 16.2 Å². The highest BCUT2D eigenvalue weighted by atomic mass is 16.3. The summed E-state index contributed by atoms with van der Waals surface area (Å²) in [5.41, 5.74) is 9.67. The Bertz CT molecular complexity index is 904. The van der Waals surface area contributed by atoms with E-state index in [2.05, 4.69) is 57.1 Å². The highest BCUT2D eigenvalue weighted by Crippen LogP contribution is 2.35. The summed E-state index contributed by atoms with van der Waals surface area (Å²) in [5, 5.41) is 3.46. The van der Waals surface area contributed by atoms with Gasteiger partial charge in [0.1, 0.15) is 11.5 Å². The molecule has 28 heavy (non-hydrogen) atoms. The Morgan fingerprint density at radius 2 is 1.86 bits per heavy atom. The molecule has 0 saturated carbocycles. The van der Waals surface area contributed by atoms with E-state index in [4.69, 9.17) is 9.40 Å². The zero-order chi connectivity index (χ0) is 18.8. The number of nitrogens with one attached hydrogen (secondary N) is 3. The van der Waals surface area contributed by atoms with Gasteiger partial charge in [-0.1, -0.05) is 30.3 Å². The fraction of sp³-hybridized carbons (Fsp3) is 0.409. The molecule has 2 fully saturated rings. The first-order valence-electron chi connectivity index (χ1n) is 10.3. The molecule has 0 aliphatic carbocycles. The van der Waals surface area contributed by atoms with Crippen LogP contribution in [0.1, 0.15) is 31.1 Å². The van der Waals surface area contributed by atoms with E-state index in [9.17, 15) is 0 Å². The Morgan fingerprint density at radius 1 is 1.00 bits per heavy atom. The molecule has 3 aromatic rings. The first-order valence-corrected chi connectivity index (χ1v) is 10.3. The lowest BCUT2D eigenvalue weighted by Crippen LogP contribution is -2.29. The largest absolute Gasteiger partial charge is 0.458 e. The van der Waals surface area contributed by atoms with Gasteiger partial charge < -0.3 is 14.3 Å². The van der Waals surface area contributed by atoms with E-state index in [-0.39, 0.29) is 6.04 Å². The van der Waals surface area contributed by atoms with Crippen LogP contribution in [0, 0.1) is 5.92 Å². The van der Waals surface area contributed by atoms with E-state index in [1.165, 1.54) is 12.8 Å². The third-order valence-corrected chi connectivity index (χ3v) is 5.84. The van der Waals surface area contributed by atoms with E-state index < -0.39 is 0 Å². The normalized spacial score (nSPS) is 20.6. The maximum atomic E-state index is 6.33. The van der Waals surface area contributed by atoms with Crippen LogP contribution in [-0.2, 0) is 6.54 Å². The van der Waals surface area contributed by atoms with Gasteiger partial charge in [-0.2, -0.15) is 0 Å². The van der Waals surface area contributed by atoms with Crippen molar-refractivity contribution in [2.24, 2.45) is 5.92 Å². The second-order valence-corrected chi connectivity index (χ2v) is 7.77. The molecule has 0 amide bonds. The second kappa shape index (κ2) is 7.91. The van der Waals surface area contributed by atoms with E-state index >= 15 is 0 Å². The van der Waals surface area contributed by atoms with Crippen LogP contribution in [0.15, 0.2) is 53.2 Å². The summed E-state index contributed by atoms with van der Waals surface area (Å²) >= 11 is 0. The van der Waals surface area contributed by atoms with Gasteiger partial charge in [0.25, 0.3) is 0 Å². The molecule has 6 nitrogen and oxygen atoms in total.